The number of amides is 4. The van der Waals surface area contributed by atoms with Crippen LogP contribution in [0.3, 0.4) is 0 Å². The minimum Gasteiger partial charge on any atom is -0.443 e. The Morgan fingerprint density at radius 3 is 2.27 bits per heavy atom. The first kappa shape index (κ1) is 18.5. The fourth-order valence-electron chi connectivity index (χ4n) is 2.66. The third kappa shape index (κ3) is 3.50. The summed E-state index contributed by atoms with van der Waals surface area (Å²) in [6, 6.07) is 3.96. The number of benzene rings is 1. The van der Waals surface area contributed by atoms with E-state index in [0.717, 1.165) is 4.90 Å². The summed E-state index contributed by atoms with van der Waals surface area (Å²) in [6.45, 7) is 5.66. The van der Waals surface area contributed by atoms with Crippen molar-refractivity contribution in [1.29, 1.82) is 0 Å². The molecule has 7 nitrogen and oxygen atoms in total. The van der Waals surface area contributed by atoms with E-state index in [1.54, 1.807) is 20.8 Å². The number of carbonyl (C=O) groups excluding carboxylic acids is 3. The standard InChI is InChI=1S/C17H17Cl2N3O4/c1-17(2,3)26-16(25)20-4-5-21-13(9-20)14(23)22(15(21)24)12-7-10(18)6-11(19)8-12/h6-9H,4-5H2,1-3H3. The SMILES string of the molecule is CC(C)(C)OC(=O)N1C=C2C(=O)N(c3cc(Cl)cc(Cl)c3)C(=O)N2CC1. The molecule has 0 radical (unpaired) electrons. The highest BCUT2D eigenvalue weighted by atomic mass is 35.5. The maximum absolute atomic E-state index is 12.8. The Bertz CT molecular complexity index is 812. The molecule has 1 saturated heterocycles. The zero-order valence-electron chi connectivity index (χ0n) is 14.5. The molecule has 2 aliphatic heterocycles. The summed E-state index contributed by atoms with van der Waals surface area (Å²) in [4.78, 5) is 41.2. The van der Waals surface area contributed by atoms with Gasteiger partial charge in [-0.1, -0.05) is 23.2 Å². The summed E-state index contributed by atoms with van der Waals surface area (Å²) in [5.41, 5.74) is -0.286. The number of anilines is 1. The van der Waals surface area contributed by atoms with Gasteiger partial charge in [0.25, 0.3) is 5.91 Å². The monoisotopic (exact) mass is 397 g/mol. The van der Waals surface area contributed by atoms with Crippen LogP contribution in [0.25, 0.3) is 0 Å². The second kappa shape index (κ2) is 6.48. The number of ether oxygens (including phenoxy) is 1. The van der Waals surface area contributed by atoms with E-state index >= 15 is 0 Å². The van der Waals surface area contributed by atoms with Crippen LogP contribution in [0, 0.1) is 0 Å². The van der Waals surface area contributed by atoms with Crippen molar-refractivity contribution in [2.45, 2.75) is 26.4 Å². The van der Waals surface area contributed by atoms with Gasteiger partial charge in [-0.15, -0.1) is 0 Å². The number of halogens is 2. The molecule has 0 spiro atoms. The molecule has 1 aromatic rings. The van der Waals surface area contributed by atoms with Crippen LogP contribution < -0.4 is 4.90 Å². The molecule has 1 aromatic carbocycles. The fourth-order valence-corrected chi connectivity index (χ4v) is 3.18. The average molecular weight is 398 g/mol. The zero-order chi connectivity index (χ0) is 19.2. The third-order valence-electron chi connectivity index (χ3n) is 3.71. The molecule has 138 valence electrons. The summed E-state index contributed by atoms with van der Waals surface area (Å²) in [5, 5.41) is 0.615. The summed E-state index contributed by atoms with van der Waals surface area (Å²) >= 11 is 11.9. The highest BCUT2D eigenvalue weighted by Gasteiger charge is 2.45. The maximum Gasteiger partial charge on any atom is 0.414 e. The zero-order valence-corrected chi connectivity index (χ0v) is 16.0. The molecular weight excluding hydrogens is 381 g/mol. The molecule has 0 aliphatic carbocycles. The predicted molar refractivity (Wildman–Crippen MR) is 97.1 cm³/mol. The van der Waals surface area contributed by atoms with Crippen molar-refractivity contribution in [1.82, 2.24) is 9.80 Å². The minimum atomic E-state index is -0.661. The van der Waals surface area contributed by atoms with E-state index in [9.17, 15) is 14.4 Å². The third-order valence-corrected chi connectivity index (χ3v) is 4.15. The Morgan fingerprint density at radius 2 is 1.69 bits per heavy atom. The number of imide groups is 1. The van der Waals surface area contributed by atoms with E-state index in [2.05, 4.69) is 0 Å². The Morgan fingerprint density at radius 1 is 1.08 bits per heavy atom. The lowest BCUT2D eigenvalue weighted by atomic mass is 10.2. The maximum atomic E-state index is 12.8. The highest BCUT2D eigenvalue weighted by Crippen LogP contribution is 2.33. The van der Waals surface area contributed by atoms with E-state index in [1.165, 1.54) is 34.2 Å². The summed E-state index contributed by atoms with van der Waals surface area (Å²) in [7, 11) is 0. The molecule has 0 atom stereocenters. The molecule has 26 heavy (non-hydrogen) atoms. The van der Waals surface area contributed by atoms with Gasteiger partial charge in [0, 0.05) is 29.3 Å². The van der Waals surface area contributed by atoms with Gasteiger partial charge in [0.1, 0.15) is 11.3 Å². The molecule has 0 saturated carbocycles. The molecule has 2 heterocycles. The molecule has 0 N–H and O–H groups in total. The average Bonchev–Trinajstić information content (AvgIpc) is 2.75. The first-order valence-electron chi connectivity index (χ1n) is 7.90. The number of carbonyl (C=O) groups is 3. The quantitative estimate of drug-likeness (QED) is 0.674. The fraction of sp³-hybridized carbons (Fsp3) is 0.353. The molecular formula is C17H17Cl2N3O4. The van der Waals surface area contributed by atoms with Gasteiger partial charge in [-0.2, -0.15) is 0 Å². The van der Waals surface area contributed by atoms with Crippen LogP contribution in [0.15, 0.2) is 30.1 Å². The van der Waals surface area contributed by atoms with Gasteiger partial charge in [0.05, 0.1) is 5.69 Å². The highest BCUT2D eigenvalue weighted by molar-refractivity contribution is 6.36. The molecule has 0 unspecified atom stereocenters. The summed E-state index contributed by atoms with van der Waals surface area (Å²) in [6.07, 6.45) is 0.762. The topological polar surface area (TPSA) is 70.2 Å². The van der Waals surface area contributed by atoms with Crippen LogP contribution in [-0.2, 0) is 9.53 Å². The van der Waals surface area contributed by atoms with Gasteiger partial charge < -0.3 is 4.74 Å². The Balaban J connectivity index is 1.90. The minimum absolute atomic E-state index is 0.100. The van der Waals surface area contributed by atoms with Crippen molar-refractivity contribution in [2.75, 3.05) is 18.0 Å². The number of rotatable bonds is 1. The number of fused-ring (bicyclic) bond motifs is 1. The molecule has 0 bridgehead atoms. The van der Waals surface area contributed by atoms with Crippen LogP contribution in [0.1, 0.15) is 20.8 Å². The van der Waals surface area contributed by atoms with Gasteiger partial charge in [-0.05, 0) is 39.0 Å². The van der Waals surface area contributed by atoms with Crippen molar-refractivity contribution in [2.24, 2.45) is 0 Å². The Kier molecular flexibility index (Phi) is 4.62. The van der Waals surface area contributed by atoms with Crippen molar-refractivity contribution >= 4 is 46.9 Å². The van der Waals surface area contributed by atoms with Crippen LogP contribution in [0.5, 0.6) is 0 Å². The van der Waals surface area contributed by atoms with Gasteiger partial charge in [-0.3, -0.25) is 14.6 Å². The lowest BCUT2D eigenvalue weighted by Gasteiger charge is -2.30. The normalized spacial score (nSPS) is 17.4. The van der Waals surface area contributed by atoms with Crippen LogP contribution in [0.2, 0.25) is 10.0 Å². The van der Waals surface area contributed by atoms with Crippen molar-refractivity contribution < 1.29 is 19.1 Å². The van der Waals surface area contributed by atoms with Gasteiger partial charge in [0.2, 0.25) is 0 Å². The molecule has 0 aromatic heterocycles. The second-order valence-corrected chi connectivity index (χ2v) is 7.76. The number of nitrogens with zero attached hydrogens (tertiary/aromatic N) is 3. The van der Waals surface area contributed by atoms with E-state index in [0.29, 0.717) is 10.0 Å². The molecule has 3 rings (SSSR count). The number of hydrogen-bond donors (Lipinski definition) is 0. The largest absolute Gasteiger partial charge is 0.443 e. The van der Waals surface area contributed by atoms with Gasteiger partial charge in [0.15, 0.2) is 0 Å². The summed E-state index contributed by atoms with van der Waals surface area (Å²) < 4.78 is 5.31. The van der Waals surface area contributed by atoms with Crippen LogP contribution >= 0.6 is 23.2 Å². The van der Waals surface area contributed by atoms with E-state index < -0.39 is 23.6 Å². The van der Waals surface area contributed by atoms with Crippen LogP contribution in [0.4, 0.5) is 15.3 Å². The van der Waals surface area contributed by atoms with Gasteiger partial charge >= 0.3 is 12.1 Å². The molecule has 4 amide bonds. The van der Waals surface area contributed by atoms with Gasteiger partial charge in [-0.25, -0.2) is 14.5 Å². The van der Waals surface area contributed by atoms with Crippen molar-refractivity contribution in [3.05, 3.63) is 40.1 Å². The lowest BCUT2D eigenvalue weighted by Crippen LogP contribution is -2.43. The molecule has 1 fully saturated rings. The smallest absolute Gasteiger partial charge is 0.414 e. The van der Waals surface area contributed by atoms with E-state index in [-0.39, 0.29) is 24.5 Å². The first-order valence-corrected chi connectivity index (χ1v) is 8.66. The lowest BCUT2D eigenvalue weighted by molar-refractivity contribution is -0.114. The predicted octanol–water partition coefficient (Wildman–Crippen LogP) is 3.85. The Labute approximate surface area is 160 Å². The number of hydrogen-bond acceptors (Lipinski definition) is 4. The summed E-state index contributed by atoms with van der Waals surface area (Å²) in [5.74, 6) is -0.554. The van der Waals surface area contributed by atoms with E-state index in [1.807, 2.05) is 0 Å². The van der Waals surface area contributed by atoms with Crippen molar-refractivity contribution in [3.63, 3.8) is 0 Å². The molecule has 2 aliphatic rings. The first-order chi connectivity index (χ1) is 12.1. The second-order valence-electron chi connectivity index (χ2n) is 6.89. The van der Waals surface area contributed by atoms with Crippen LogP contribution in [-0.4, -0.2) is 46.5 Å². The molecule has 9 heteroatoms. The van der Waals surface area contributed by atoms with E-state index in [4.69, 9.17) is 27.9 Å². The Hall–Kier alpha value is -2.25. The number of urea groups is 1. The van der Waals surface area contributed by atoms with Crippen molar-refractivity contribution in [3.8, 4) is 0 Å².